The van der Waals surface area contributed by atoms with Crippen LogP contribution in [0.15, 0.2) is 28.7 Å². The van der Waals surface area contributed by atoms with Crippen molar-refractivity contribution in [1.82, 2.24) is 4.90 Å². The summed E-state index contributed by atoms with van der Waals surface area (Å²) >= 11 is 8.45. The Morgan fingerprint density at radius 2 is 2.00 bits per heavy atom. The summed E-state index contributed by atoms with van der Waals surface area (Å²) in [4.78, 5) is 2.95. The number of rotatable bonds is 6. The van der Waals surface area contributed by atoms with Crippen molar-refractivity contribution in [3.8, 4) is 0 Å². The Labute approximate surface area is 117 Å². The maximum Gasteiger partial charge on any atom is 0.0768 e. The SMILES string of the molecule is CCN(Cc1ccc(Br)cc1)CC(C)C(N)=S. The Bertz CT molecular complexity index is 364. The molecule has 17 heavy (non-hydrogen) atoms. The van der Waals surface area contributed by atoms with Crippen molar-refractivity contribution >= 4 is 33.1 Å². The van der Waals surface area contributed by atoms with Crippen molar-refractivity contribution in [2.75, 3.05) is 13.1 Å². The number of hydrogen-bond donors (Lipinski definition) is 1. The van der Waals surface area contributed by atoms with Crippen LogP contribution in [0.2, 0.25) is 0 Å². The molecular weight excluding hydrogens is 296 g/mol. The first kappa shape index (κ1) is 14.6. The fraction of sp³-hybridized carbons (Fsp3) is 0.462. The molecule has 4 heteroatoms. The zero-order valence-electron chi connectivity index (χ0n) is 10.3. The molecular formula is C13H19BrN2S. The zero-order valence-corrected chi connectivity index (χ0v) is 12.7. The van der Waals surface area contributed by atoms with Gasteiger partial charge in [-0.2, -0.15) is 0 Å². The lowest BCUT2D eigenvalue weighted by molar-refractivity contribution is 0.264. The third-order valence-corrected chi connectivity index (χ3v) is 3.72. The van der Waals surface area contributed by atoms with E-state index in [1.54, 1.807) is 0 Å². The molecule has 0 aliphatic heterocycles. The molecule has 0 fully saturated rings. The van der Waals surface area contributed by atoms with E-state index in [0.29, 0.717) is 4.99 Å². The Balaban J connectivity index is 2.57. The van der Waals surface area contributed by atoms with Crippen LogP contribution in [0.4, 0.5) is 0 Å². The van der Waals surface area contributed by atoms with E-state index >= 15 is 0 Å². The van der Waals surface area contributed by atoms with Crippen LogP contribution in [0.3, 0.4) is 0 Å². The fourth-order valence-corrected chi connectivity index (χ4v) is 1.97. The Kier molecular flexibility index (Phi) is 6.09. The van der Waals surface area contributed by atoms with Crippen LogP contribution in [0, 0.1) is 5.92 Å². The third kappa shape index (κ3) is 5.15. The minimum absolute atomic E-state index is 0.264. The molecule has 1 unspecified atom stereocenters. The number of nitrogens with zero attached hydrogens (tertiary/aromatic N) is 1. The van der Waals surface area contributed by atoms with Gasteiger partial charge in [0.1, 0.15) is 0 Å². The Morgan fingerprint density at radius 1 is 1.41 bits per heavy atom. The molecule has 0 saturated heterocycles. The van der Waals surface area contributed by atoms with Gasteiger partial charge in [0, 0.05) is 23.5 Å². The van der Waals surface area contributed by atoms with Crippen molar-refractivity contribution in [3.05, 3.63) is 34.3 Å². The molecule has 0 amide bonds. The van der Waals surface area contributed by atoms with Gasteiger partial charge in [-0.05, 0) is 24.2 Å². The molecule has 0 saturated carbocycles. The number of thiocarbonyl (C=S) groups is 1. The molecule has 1 atom stereocenters. The van der Waals surface area contributed by atoms with E-state index in [4.69, 9.17) is 18.0 Å². The Morgan fingerprint density at radius 3 is 2.47 bits per heavy atom. The molecule has 1 aromatic rings. The predicted octanol–water partition coefficient (Wildman–Crippen LogP) is 3.19. The molecule has 0 heterocycles. The lowest BCUT2D eigenvalue weighted by atomic mass is 10.1. The number of hydrogen-bond acceptors (Lipinski definition) is 2. The smallest absolute Gasteiger partial charge is 0.0768 e. The largest absolute Gasteiger partial charge is 0.393 e. The van der Waals surface area contributed by atoms with Crippen LogP contribution in [0.1, 0.15) is 19.4 Å². The summed E-state index contributed by atoms with van der Waals surface area (Å²) in [6.07, 6.45) is 0. The molecule has 1 aromatic carbocycles. The summed E-state index contributed by atoms with van der Waals surface area (Å²) in [6.45, 7) is 7.10. The van der Waals surface area contributed by atoms with Gasteiger partial charge in [-0.1, -0.05) is 54.1 Å². The highest BCUT2D eigenvalue weighted by Gasteiger charge is 2.11. The third-order valence-electron chi connectivity index (χ3n) is 2.78. The van der Waals surface area contributed by atoms with Crippen molar-refractivity contribution in [2.24, 2.45) is 11.7 Å². The van der Waals surface area contributed by atoms with Gasteiger partial charge in [-0.15, -0.1) is 0 Å². The second-order valence-corrected chi connectivity index (χ2v) is 5.64. The summed E-state index contributed by atoms with van der Waals surface area (Å²) in [7, 11) is 0. The highest BCUT2D eigenvalue weighted by atomic mass is 79.9. The monoisotopic (exact) mass is 314 g/mol. The zero-order chi connectivity index (χ0) is 12.8. The van der Waals surface area contributed by atoms with E-state index in [9.17, 15) is 0 Å². The van der Waals surface area contributed by atoms with Gasteiger partial charge < -0.3 is 5.73 Å². The topological polar surface area (TPSA) is 29.3 Å². The van der Waals surface area contributed by atoms with Crippen molar-refractivity contribution in [3.63, 3.8) is 0 Å². The second-order valence-electron chi connectivity index (χ2n) is 4.26. The number of benzene rings is 1. The minimum atomic E-state index is 0.264. The van der Waals surface area contributed by atoms with E-state index < -0.39 is 0 Å². The first-order valence-corrected chi connectivity index (χ1v) is 6.99. The van der Waals surface area contributed by atoms with Gasteiger partial charge in [0.15, 0.2) is 0 Å². The normalized spacial score (nSPS) is 12.7. The minimum Gasteiger partial charge on any atom is -0.393 e. The van der Waals surface area contributed by atoms with E-state index in [0.717, 1.165) is 24.1 Å². The number of nitrogens with two attached hydrogens (primary N) is 1. The summed E-state index contributed by atoms with van der Waals surface area (Å²) in [5, 5.41) is 0. The highest BCUT2D eigenvalue weighted by molar-refractivity contribution is 9.10. The summed E-state index contributed by atoms with van der Waals surface area (Å²) in [6, 6.07) is 8.41. The maximum atomic E-state index is 5.65. The first-order valence-electron chi connectivity index (χ1n) is 5.79. The predicted molar refractivity (Wildman–Crippen MR) is 81.0 cm³/mol. The van der Waals surface area contributed by atoms with Gasteiger partial charge in [0.2, 0.25) is 0 Å². The molecule has 1 rings (SSSR count). The van der Waals surface area contributed by atoms with Crippen LogP contribution in [0.5, 0.6) is 0 Å². The summed E-state index contributed by atoms with van der Waals surface area (Å²) in [5.74, 6) is 0.264. The quantitative estimate of drug-likeness (QED) is 0.818. The van der Waals surface area contributed by atoms with Crippen LogP contribution in [0.25, 0.3) is 0 Å². The molecule has 0 aromatic heterocycles. The van der Waals surface area contributed by atoms with Crippen LogP contribution in [-0.4, -0.2) is 23.0 Å². The van der Waals surface area contributed by atoms with Crippen molar-refractivity contribution < 1.29 is 0 Å². The molecule has 2 N–H and O–H groups in total. The van der Waals surface area contributed by atoms with Gasteiger partial charge in [-0.3, -0.25) is 4.90 Å². The molecule has 0 spiro atoms. The van der Waals surface area contributed by atoms with Gasteiger partial charge in [0.25, 0.3) is 0 Å². The second kappa shape index (κ2) is 7.09. The molecule has 94 valence electrons. The summed E-state index contributed by atoms with van der Waals surface area (Å²) in [5.41, 5.74) is 6.96. The van der Waals surface area contributed by atoms with E-state index in [2.05, 4.69) is 58.9 Å². The standard InChI is InChI=1S/C13H19BrN2S/c1-3-16(8-10(2)13(15)17)9-11-4-6-12(14)7-5-11/h4-7,10H,3,8-9H2,1-2H3,(H2,15,17). The molecule has 0 bridgehead atoms. The van der Waals surface area contributed by atoms with Crippen molar-refractivity contribution in [1.29, 1.82) is 0 Å². The molecule has 0 radical (unpaired) electrons. The lowest BCUT2D eigenvalue weighted by Gasteiger charge is -2.23. The lowest BCUT2D eigenvalue weighted by Crippen LogP contribution is -2.33. The number of halogens is 1. The maximum absolute atomic E-state index is 5.65. The van der Waals surface area contributed by atoms with E-state index in [1.165, 1.54) is 5.56 Å². The molecule has 2 nitrogen and oxygen atoms in total. The average molecular weight is 315 g/mol. The van der Waals surface area contributed by atoms with E-state index in [1.807, 2.05) is 0 Å². The highest BCUT2D eigenvalue weighted by Crippen LogP contribution is 2.13. The van der Waals surface area contributed by atoms with Crippen LogP contribution < -0.4 is 5.73 Å². The fourth-order valence-electron chi connectivity index (χ4n) is 1.63. The van der Waals surface area contributed by atoms with Gasteiger partial charge in [-0.25, -0.2) is 0 Å². The average Bonchev–Trinajstić information content (AvgIpc) is 2.30. The van der Waals surface area contributed by atoms with Crippen molar-refractivity contribution in [2.45, 2.75) is 20.4 Å². The molecule has 0 aliphatic rings. The Hall–Kier alpha value is -0.450. The van der Waals surface area contributed by atoms with Crippen LogP contribution >= 0.6 is 28.1 Å². The van der Waals surface area contributed by atoms with E-state index in [-0.39, 0.29) is 5.92 Å². The van der Waals surface area contributed by atoms with Gasteiger partial charge >= 0.3 is 0 Å². The summed E-state index contributed by atoms with van der Waals surface area (Å²) < 4.78 is 1.11. The molecule has 0 aliphatic carbocycles. The van der Waals surface area contributed by atoms with Gasteiger partial charge in [0.05, 0.1) is 4.99 Å². The van der Waals surface area contributed by atoms with Crippen LogP contribution in [-0.2, 0) is 6.54 Å². The first-order chi connectivity index (χ1) is 8.02.